The highest BCUT2D eigenvalue weighted by molar-refractivity contribution is 5.94. The van der Waals surface area contributed by atoms with E-state index in [0.717, 1.165) is 48.6 Å². The van der Waals surface area contributed by atoms with E-state index < -0.39 is 5.97 Å². The number of carboxylic acid groups (broad SMARTS) is 1. The van der Waals surface area contributed by atoms with E-state index in [9.17, 15) is 9.90 Å². The molecule has 6 nitrogen and oxygen atoms in total. The van der Waals surface area contributed by atoms with Crippen LogP contribution in [0.2, 0.25) is 0 Å². The van der Waals surface area contributed by atoms with Crippen molar-refractivity contribution in [2.75, 3.05) is 0 Å². The van der Waals surface area contributed by atoms with E-state index in [-0.39, 0.29) is 5.56 Å². The van der Waals surface area contributed by atoms with Crippen molar-refractivity contribution < 1.29 is 9.90 Å². The Bertz CT molecular complexity index is 979. The van der Waals surface area contributed by atoms with Crippen LogP contribution in [0.5, 0.6) is 0 Å². The molecule has 2 aromatic heterocycles. The number of aryl methyl sites for hydroxylation is 2. The molecular weight excluding hydrogens is 388 g/mol. The van der Waals surface area contributed by atoms with Crippen LogP contribution in [0.25, 0.3) is 11.3 Å². The molecule has 0 saturated heterocycles. The van der Waals surface area contributed by atoms with Gasteiger partial charge in [-0.15, -0.1) is 0 Å². The summed E-state index contributed by atoms with van der Waals surface area (Å²) in [7, 11) is 0. The molecule has 0 amide bonds. The number of rotatable bonds is 12. The Morgan fingerprint density at radius 3 is 2.45 bits per heavy atom. The lowest BCUT2D eigenvalue weighted by molar-refractivity contribution is 0.0697. The number of benzene rings is 1. The molecule has 1 N–H and O–H groups in total. The molecule has 0 aliphatic carbocycles. The van der Waals surface area contributed by atoms with E-state index in [1.807, 2.05) is 24.3 Å². The van der Waals surface area contributed by atoms with Gasteiger partial charge in [0.2, 0.25) is 0 Å². The van der Waals surface area contributed by atoms with Crippen molar-refractivity contribution >= 4 is 5.97 Å². The highest BCUT2D eigenvalue weighted by Crippen LogP contribution is 2.22. The summed E-state index contributed by atoms with van der Waals surface area (Å²) in [5, 5.41) is 14.2. The van der Waals surface area contributed by atoms with Crippen LogP contribution in [0.15, 0.2) is 42.6 Å². The third kappa shape index (κ3) is 6.23. The van der Waals surface area contributed by atoms with Crippen LogP contribution < -0.4 is 0 Å². The second kappa shape index (κ2) is 11.4. The Labute approximate surface area is 184 Å². The first-order valence-corrected chi connectivity index (χ1v) is 11.3. The van der Waals surface area contributed by atoms with Gasteiger partial charge in [0.1, 0.15) is 5.82 Å². The van der Waals surface area contributed by atoms with E-state index in [1.54, 1.807) is 18.3 Å². The van der Waals surface area contributed by atoms with Gasteiger partial charge in [0.25, 0.3) is 0 Å². The molecule has 0 spiro atoms. The maximum absolute atomic E-state index is 11.5. The molecule has 0 bridgehead atoms. The van der Waals surface area contributed by atoms with Crippen LogP contribution in [-0.2, 0) is 19.4 Å². The SMILES string of the molecule is CCCCCc1nc(Cc2ccc(-c3ncccc3C(=O)O)cc2)n(CCCCC)n1. The zero-order valence-electron chi connectivity index (χ0n) is 18.5. The molecule has 3 rings (SSSR count). The molecule has 6 heteroatoms. The zero-order valence-corrected chi connectivity index (χ0v) is 18.5. The summed E-state index contributed by atoms with van der Waals surface area (Å²) in [4.78, 5) is 20.6. The molecule has 0 fully saturated rings. The Hall–Kier alpha value is -3.02. The van der Waals surface area contributed by atoms with Crippen LogP contribution in [0.4, 0.5) is 0 Å². The highest BCUT2D eigenvalue weighted by atomic mass is 16.4. The Kier molecular flexibility index (Phi) is 8.33. The average molecular weight is 421 g/mol. The van der Waals surface area contributed by atoms with Crippen molar-refractivity contribution in [1.29, 1.82) is 0 Å². The highest BCUT2D eigenvalue weighted by Gasteiger charge is 2.14. The molecule has 1 aromatic carbocycles. The lowest BCUT2D eigenvalue weighted by Crippen LogP contribution is -2.07. The fraction of sp³-hybridized carbons (Fsp3) is 0.440. The molecule has 164 valence electrons. The summed E-state index contributed by atoms with van der Waals surface area (Å²) in [5.74, 6) is 0.971. The summed E-state index contributed by atoms with van der Waals surface area (Å²) in [5.41, 5.74) is 2.62. The minimum absolute atomic E-state index is 0.211. The number of carboxylic acids is 1. The average Bonchev–Trinajstić information content (AvgIpc) is 3.16. The zero-order chi connectivity index (χ0) is 22.1. The predicted molar refractivity (Wildman–Crippen MR) is 122 cm³/mol. The maximum Gasteiger partial charge on any atom is 0.337 e. The van der Waals surface area contributed by atoms with Crippen LogP contribution in [0.3, 0.4) is 0 Å². The maximum atomic E-state index is 11.5. The van der Waals surface area contributed by atoms with Gasteiger partial charge in [-0.1, -0.05) is 63.8 Å². The Morgan fingerprint density at radius 2 is 1.74 bits per heavy atom. The van der Waals surface area contributed by atoms with Crippen LogP contribution in [-0.4, -0.2) is 30.8 Å². The third-order valence-corrected chi connectivity index (χ3v) is 5.40. The molecule has 0 unspecified atom stereocenters. The molecule has 0 aliphatic heterocycles. The van der Waals surface area contributed by atoms with Gasteiger partial charge in [-0.05, 0) is 30.5 Å². The van der Waals surface area contributed by atoms with Crippen molar-refractivity contribution in [2.45, 2.75) is 71.8 Å². The quantitative estimate of drug-likeness (QED) is 0.388. The monoisotopic (exact) mass is 420 g/mol. The molecular formula is C25H32N4O2. The summed E-state index contributed by atoms with van der Waals surface area (Å²) in [6.45, 7) is 5.31. The second-order valence-corrected chi connectivity index (χ2v) is 7.91. The molecule has 0 atom stereocenters. The van der Waals surface area contributed by atoms with Crippen molar-refractivity contribution in [3.05, 3.63) is 65.4 Å². The first-order chi connectivity index (χ1) is 15.1. The first-order valence-electron chi connectivity index (χ1n) is 11.3. The van der Waals surface area contributed by atoms with Crippen LogP contribution in [0.1, 0.15) is 79.9 Å². The second-order valence-electron chi connectivity index (χ2n) is 7.91. The van der Waals surface area contributed by atoms with Gasteiger partial charge in [-0.3, -0.25) is 4.98 Å². The summed E-state index contributed by atoms with van der Waals surface area (Å²) in [6.07, 6.45) is 10.3. The van der Waals surface area contributed by atoms with Gasteiger partial charge in [-0.2, -0.15) is 5.10 Å². The number of aromatic nitrogens is 4. The molecule has 2 heterocycles. The topological polar surface area (TPSA) is 80.9 Å². The number of hydrogen-bond acceptors (Lipinski definition) is 4. The van der Waals surface area contributed by atoms with Crippen molar-refractivity contribution in [3.8, 4) is 11.3 Å². The minimum Gasteiger partial charge on any atom is -0.478 e. The van der Waals surface area contributed by atoms with Gasteiger partial charge in [0.05, 0.1) is 11.3 Å². The van der Waals surface area contributed by atoms with Gasteiger partial charge in [0.15, 0.2) is 5.82 Å². The summed E-state index contributed by atoms with van der Waals surface area (Å²) < 4.78 is 2.08. The lowest BCUT2D eigenvalue weighted by Gasteiger charge is -2.08. The molecule has 3 aromatic rings. The normalized spacial score (nSPS) is 11.0. The van der Waals surface area contributed by atoms with Crippen molar-refractivity contribution in [3.63, 3.8) is 0 Å². The molecule has 0 radical (unpaired) electrons. The summed E-state index contributed by atoms with van der Waals surface area (Å²) in [6, 6.07) is 11.1. The van der Waals surface area contributed by atoms with Gasteiger partial charge < -0.3 is 5.11 Å². The number of hydrogen-bond donors (Lipinski definition) is 1. The number of pyridine rings is 1. The number of unbranched alkanes of at least 4 members (excludes halogenated alkanes) is 4. The van der Waals surface area contributed by atoms with Crippen LogP contribution in [0, 0.1) is 0 Å². The lowest BCUT2D eigenvalue weighted by atomic mass is 10.0. The predicted octanol–water partition coefficient (Wildman–Crippen LogP) is 5.55. The fourth-order valence-corrected chi connectivity index (χ4v) is 3.66. The molecule has 0 aliphatic rings. The van der Waals surface area contributed by atoms with E-state index in [0.29, 0.717) is 12.1 Å². The largest absolute Gasteiger partial charge is 0.478 e. The third-order valence-electron chi connectivity index (χ3n) is 5.40. The number of carbonyl (C=O) groups is 1. The van der Waals surface area contributed by atoms with E-state index in [2.05, 4.69) is 23.5 Å². The van der Waals surface area contributed by atoms with E-state index in [4.69, 9.17) is 10.1 Å². The summed E-state index contributed by atoms with van der Waals surface area (Å²) >= 11 is 0. The van der Waals surface area contributed by atoms with Crippen LogP contribution >= 0.6 is 0 Å². The molecule has 31 heavy (non-hydrogen) atoms. The number of aromatic carboxylic acids is 1. The first kappa shape index (κ1) is 22.7. The smallest absolute Gasteiger partial charge is 0.337 e. The van der Waals surface area contributed by atoms with Gasteiger partial charge >= 0.3 is 5.97 Å². The van der Waals surface area contributed by atoms with Gasteiger partial charge in [-0.25, -0.2) is 14.5 Å². The molecule has 0 saturated carbocycles. The van der Waals surface area contributed by atoms with E-state index in [1.165, 1.54) is 25.7 Å². The van der Waals surface area contributed by atoms with Crippen molar-refractivity contribution in [2.24, 2.45) is 0 Å². The van der Waals surface area contributed by atoms with Crippen molar-refractivity contribution in [1.82, 2.24) is 19.7 Å². The number of nitrogens with zero attached hydrogens (tertiary/aromatic N) is 4. The minimum atomic E-state index is -0.969. The van der Waals surface area contributed by atoms with E-state index >= 15 is 0 Å². The Morgan fingerprint density at radius 1 is 1.00 bits per heavy atom. The fourth-order valence-electron chi connectivity index (χ4n) is 3.66. The Balaban J connectivity index is 1.77. The van der Waals surface area contributed by atoms with Gasteiger partial charge in [0, 0.05) is 31.1 Å². The standard InChI is InChI=1S/C25H32N4O2/c1-3-5-7-11-22-27-23(29(28-22)17-8-6-4-2)18-19-12-14-20(15-13-19)24-21(25(30)31)10-9-16-26-24/h9-10,12-16H,3-8,11,17-18H2,1-2H3,(H,30,31).